The zero-order valence-corrected chi connectivity index (χ0v) is 12.1. The average molecular weight is 285 g/mol. The average Bonchev–Trinajstić information content (AvgIpc) is 2.38. The Balaban J connectivity index is 2.40. The Morgan fingerprint density at radius 1 is 1.10 bits per heavy atom. The molecule has 0 fully saturated rings. The van der Waals surface area contributed by atoms with Crippen molar-refractivity contribution in [3.05, 3.63) is 53.8 Å². The molecule has 0 spiro atoms. The van der Waals surface area contributed by atoms with Gasteiger partial charge < -0.3 is 10.4 Å². The smallest absolute Gasteiger partial charge is 0.166 e. The van der Waals surface area contributed by atoms with Crippen molar-refractivity contribution in [2.45, 2.75) is 13.8 Å². The highest BCUT2D eigenvalue weighted by atomic mass is 32.1. The molecule has 0 saturated carbocycles. The molecule has 0 aliphatic heterocycles. The number of ketones is 1. The molecule has 0 saturated heterocycles. The van der Waals surface area contributed by atoms with E-state index in [1.54, 1.807) is 0 Å². The molecule has 20 heavy (non-hydrogen) atoms. The Morgan fingerprint density at radius 2 is 1.75 bits per heavy atom. The van der Waals surface area contributed by atoms with E-state index in [9.17, 15) is 9.90 Å². The van der Waals surface area contributed by atoms with Crippen LogP contribution in [-0.2, 0) is 4.79 Å². The lowest BCUT2D eigenvalue weighted by Gasteiger charge is -2.12. The van der Waals surface area contributed by atoms with Crippen molar-refractivity contribution in [1.82, 2.24) is 0 Å². The van der Waals surface area contributed by atoms with Gasteiger partial charge in [0, 0.05) is 11.1 Å². The van der Waals surface area contributed by atoms with Crippen LogP contribution in [0.3, 0.4) is 0 Å². The SMILES string of the molecule is CC(=O)C(C(=S)Nc1cccc2ccccc12)=C(C)O. The molecule has 0 atom stereocenters. The van der Waals surface area contributed by atoms with Crippen LogP contribution in [0.15, 0.2) is 53.8 Å². The molecule has 0 aliphatic carbocycles. The van der Waals surface area contributed by atoms with Crippen molar-refractivity contribution in [2.75, 3.05) is 5.32 Å². The molecule has 102 valence electrons. The van der Waals surface area contributed by atoms with Crippen molar-refractivity contribution in [2.24, 2.45) is 0 Å². The molecule has 0 radical (unpaired) electrons. The standard InChI is InChI=1S/C16H15NO2S/c1-10(18)15(11(2)19)16(20)17-14-9-5-7-12-6-3-4-8-13(12)14/h3-9,18H,1-2H3,(H,17,20). The number of thiocarbonyl (C=S) groups is 1. The lowest BCUT2D eigenvalue weighted by Crippen LogP contribution is -2.18. The summed E-state index contributed by atoms with van der Waals surface area (Å²) >= 11 is 5.22. The van der Waals surface area contributed by atoms with Crippen LogP contribution in [0.25, 0.3) is 10.8 Å². The highest BCUT2D eigenvalue weighted by Gasteiger charge is 2.15. The van der Waals surface area contributed by atoms with Gasteiger partial charge >= 0.3 is 0 Å². The van der Waals surface area contributed by atoms with E-state index >= 15 is 0 Å². The number of aliphatic hydroxyl groups excluding tert-OH is 1. The van der Waals surface area contributed by atoms with E-state index in [1.165, 1.54) is 13.8 Å². The molecule has 2 aromatic carbocycles. The zero-order chi connectivity index (χ0) is 14.7. The number of aliphatic hydroxyl groups is 1. The number of Topliss-reactive ketones (excluding diaryl/α,β-unsaturated/α-hetero) is 1. The summed E-state index contributed by atoms with van der Waals surface area (Å²) in [5, 5.41) is 14.7. The first-order chi connectivity index (χ1) is 9.50. The Hall–Kier alpha value is -2.20. The molecule has 0 amide bonds. The quantitative estimate of drug-likeness (QED) is 0.508. The maximum absolute atomic E-state index is 11.5. The third-order valence-electron chi connectivity index (χ3n) is 2.98. The van der Waals surface area contributed by atoms with Gasteiger partial charge in [-0.05, 0) is 25.3 Å². The summed E-state index contributed by atoms with van der Waals surface area (Å²) in [4.78, 5) is 11.8. The van der Waals surface area contributed by atoms with E-state index in [0.29, 0.717) is 0 Å². The lowest BCUT2D eigenvalue weighted by molar-refractivity contribution is -0.113. The number of benzene rings is 2. The van der Waals surface area contributed by atoms with Crippen molar-refractivity contribution >= 4 is 39.4 Å². The molecular weight excluding hydrogens is 270 g/mol. The van der Waals surface area contributed by atoms with E-state index in [0.717, 1.165) is 16.5 Å². The summed E-state index contributed by atoms with van der Waals surface area (Å²) in [6.45, 7) is 2.83. The minimum absolute atomic E-state index is 0.0739. The molecule has 2 N–H and O–H groups in total. The minimum atomic E-state index is -0.261. The number of hydrogen-bond acceptors (Lipinski definition) is 3. The molecular formula is C16H15NO2S. The minimum Gasteiger partial charge on any atom is -0.512 e. The summed E-state index contributed by atoms with van der Waals surface area (Å²) in [6.07, 6.45) is 0. The predicted octanol–water partition coefficient (Wildman–Crippen LogP) is 4.00. The Morgan fingerprint density at radius 3 is 2.40 bits per heavy atom. The highest BCUT2D eigenvalue weighted by molar-refractivity contribution is 7.81. The molecule has 0 aliphatic rings. The fourth-order valence-corrected chi connectivity index (χ4v) is 2.50. The van der Waals surface area contributed by atoms with Gasteiger partial charge in [0.25, 0.3) is 0 Å². The van der Waals surface area contributed by atoms with E-state index in [4.69, 9.17) is 12.2 Å². The third kappa shape index (κ3) is 2.86. The summed E-state index contributed by atoms with van der Waals surface area (Å²) in [6, 6.07) is 13.7. The Labute approximate surface area is 122 Å². The molecule has 4 heteroatoms. The summed E-state index contributed by atoms with van der Waals surface area (Å²) < 4.78 is 0. The van der Waals surface area contributed by atoms with E-state index in [2.05, 4.69) is 5.32 Å². The van der Waals surface area contributed by atoms with Crippen LogP contribution in [0.4, 0.5) is 5.69 Å². The van der Waals surface area contributed by atoms with Crippen LogP contribution >= 0.6 is 12.2 Å². The summed E-state index contributed by atoms with van der Waals surface area (Å²) in [7, 11) is 0. The normalized spacial score (nSPS) is 11.9. The van der Waals surface area contributed by atoms with Crippen molar-refractivity contribution in [3.63, 3.8) is 0 Å². The monoisotopic (exact) mass is 285 g/mol. The number of rotatable bonds is 3. The summed E-state index contributed by atoms with van der Waals surface area (Å²) in [5.41, 5.74) is 0.959. The first-order valence-corrected chi connectivity index (χ1v) is 6.61. The number of hydrogen-bond donors (Lipinski definition) is 2. The third-order valence-corrected chi connectivity index (χ3v) is 3.28. The number of fused-ring (bicyclic) bond motifs is 1. The topological polar surface area (TPSA) is 49.3 Å². The molecule has 0 aromatic heterocycles. The molecule has 0 unspecified atom stereocenters. The first kappa shape index (κ1) is 14.2. The van der Waals surface area contributed by atoms with Crippen molar-refractivity contribution in [3.8, 4) is 0 Å². The predicted molar refractivity (Wildman–Crippen MR) is 86.2 cm³/mol. The van der Waals surface area contributed by atoms with Gasteiger partial charge in [-0.1, -0.05) is 48.6 Å². The summed E-state index contributed by atoms with van der Waals surface area (Å²) in [5.74, 6) is -0.335. The van der Waals surface area contributed by atoms with Gasteiger partial charge in [0.15, 0.2) is 5.78 Å². The fourth-order valence-electron chi connectivity index (χ4n) is 2.10. The number of carbonyl (C=O) groups is 1. The molecule has 2 rings (SSSR count). The van der Waals surface area contributed by atoms with Crippen LogP contribution in [0, 0.1) is 0 Å². The van der Waals surface area contributed by atoms with E-state index < -0.39 is 0 Å². The lowest BCUT2D eigenvalue weighted by atomic mass is 10.1. The second-order valence-electron chi connectivity index (χ2n) is 4.50. The van der Waals surface area contributed by atoms with E-state index in [-0.39, 0.29) is 22.1 Å². The van der Waals surface area contributed by atoms with Crippen LogP contribution in [0.5, 0.6) is 0 Å². The van der Waals surface area contributed by atoms with Gasteiger partial charge in [-0.15, -0.1) is 0 Å². The van der Waals surface area contributed by atoms with Crippen LogP contribution in [0.1, 0.15) is 13.8 Å². The second kappa shape index (κ2) is 5.84. The molecule has 3 nitrogen and oxygen atoms in total. The van der Waals surface area contributed by atoms with Gasteiger partial charge in [0.2, 0.25) is 0 Å². The maximum Gasteiger partial charge on any atom is 0.166 e. The Bertz CT molecular complexity index is 710. The highest BCUT2D eigenvalue weighted by Crippen LogP contribution is 2.24. The van der Waals surface area contributed by atoms with Gasteiger partial charge in [-0.2, -0.15) is 0 Å². The second-order valence-corrected chi connectivity index (χ2v) is 4.91. The van der Waals surface area contributed by atoms with E-state index in [1.807, 2.05) is 42.5 Å². The fraction of sp³-hybridized carbons (Fsp3) is 0.125. The molecule has 0 heterocycles. The zero-order valence-electron chi connectivity index (χ0n) is 11.3. The van der Waals surface area contributed by atoms with Crippen LogP contribution < -0.4 is 5.32 Å². The van der Waals surface area contributed by atoms with Crippen LogP contribution in [0.2, 0.25) is 0 Å². The maximum atomic E-state index is 11.5. The first-order valence-electron chi connectivity index (χ1n) is 6.20. The number of nitrogens with one attached hydrogen (secondary N) is 1. The molecule has 0 bridgehead atoms. The number of carbonyl (C=O) groups excluding carboxylic acids is 1. The van der Waals surface area contributed by atoms with Gasteiger partial charge in [-0.25, -0.2) is 0 Å². The van der Waals surface area contributed by atoms with Gasteiger partial charge in [0.1, 0.15) is 10.7 Å². The molecule has 2 aromatic rings. The van der Waals surface area contributed by atoms with Gasteiger partial charge in [0.05, 0.1) is 5.57 Å². The number of allylic oxidation sites excluding steroid dienone is 1. The van der Waals surface area contributed by atoms with Crippen molar-refractivity contribution < 1.29 is 9.90 Å². The van der Waals surface area contributed by atoms with Gasteiger partial charge in [-0.3, -0.25) is 4.79 Å². The van der Waals surface area contributed by atoms with Crippen LogP contribution in [-0.4, -0.2) is 15.9 Å². The largest absolute Gasteiger partial charge is 0.512 e. The van der Waals surface area contributed by atoms with Crippen molar-refractivity contribution in [1.29, 1.82) is 0 Å². The Kier molecular flexibility index (Phi) is 4.15. The number of anilines is 1.